The molecule has 0 spiro atoms. The van der Waals surface area contributed by atoms with Crippen molar-refractivity contribution in [2.24, 2.45) is 0 Å². The second kappa shape index (κ2) is 8.54. The highest BCUT2D eigenvalue weighted by Crippen LogP contribution is 2.42. The normalized spacial score (nSPS) is 16.5. The Hall–Kier alpha value is -2.04. The summed E-state index contributed by atoms with van der Waals surface area (Å²) >= 11 is 6.41. The topological polar surface area (TPSA) is 53.2 Å². The summed E-state index contributed by atoms with van der Waals surface area (Å²) in [6.07, 6.45) is 4.45. The molecule has 1 aliphatic heterocycles. The molecule has 4 rings (SSSR count). The fourth-order valence-electron chi connectivity index (χ4n) is 3.80. The van der Waals surface area contributed by atoms with Crippen molar-refractivity contribution < 1.29 is 4.79 Å². The summed E-state index contributed by atoms with van der Waals surface area (Å²) in [7, 11) is 0. The SMILES string of the molecule is CCCCNC(=O)[C@H](Nc1ccc2c(c1)CNC2)c1cc(Cl)cc(C2CC2)c1. The van der Waals surface area contributed by atoms with Gasteiger partial charge in [0.05, 0.1) is 0 Å². The van der Waals surface area contributed by atoms with Gasteiger partial charge >= 0.3 is 0 Å². The van der Waals surface area contributed by atoms with Gasteiger partial charge in [-0.1, -0.05) is 37.1 Å². The van der Waals surface area contributed by atoms with Crippen LogP contribution in [-0.4, -0.2) is 12.5 Å². The Morgan fingerprint density at radius 2 is 2.00 bits per heavy atom. The zero-order valence-corrected chi connectivity index (χ0v) is 17.1. The first-order valence-corrected chi connectivity index (χ1v) is 10.7. The summed E-state index contributed by atoms with van der Waals surface area (Å²) in [6.45, 7) is 4.60. The molecule has 2 aliphatic rings. The zero-order chi connectivity index (χ0) is 19.5. The molecule has 3 N–H and O–H groups in total. The van der Waals surface area contributed by atoms with Crippen LogP contribution in [0, 0.1) is 0 Å². The highest BCUT2D eigenvalue weighted by atomic mass is 35.5. The Labute approximate surface area is 172 Å². The van der Waals surface area contributed by atoms with E-state index < -0.39 is 6.04 Å². The Morgan fingerprint density at radius 1 is 1.18 bits per heavy atom. The number of rotatable bonds is 8. The molecule has 0 radical (unpaired) electrons. The van der Waals surface area contributed by atoms with Crippen molar-refractivity contribution in [3.8, 4) is 0 Å². The first kappa shape index (κ1) is 19.3. The van der Waals surface area contributed by atoms with E-state index in [-0.39, 0.29) is 5.91 Å². The van der Waals surface area contributed by atoms with E-state index in [0.717, 1.165) is 37.2 Å². The quantitative estimate of drug-likeness (QED) is 0.556. The number of carbonyl (C=O) groups is 1. The summed E-state index contributed by atoms with van der Waals surface area (Å²) in [5, 5.41) is 10.6. The molecule has 2 aromatic carbocycles. The lowest BCUT2D eigenvalue weighted by molar-refractivity contribution is -0.121. The van der Waals surface area contributed by atoms with Gasteiger partial charge < -0.3 is 16.0 Å². The van der Waals surface area contributed by atoms with Crippen LogP contribution in [0.5, 0.6) is 0 Å². The number of hydrogen-bond donors (Lipinski definition) is 3. The van der Waals surface area contributed by atoms with E-state index in [1.807, 2.05) is 12.1 Å². The van der Waals surface area contributed by atoms with Gasteiger partial charge in [0.1, 0.15) is 6.04 Å². The van der Waals surface area contributed by atoms with Crippen LogP contribution in [0.4, 0.5) is 5.69 Å². The number of fused-ring (bicyclic) bond motifs is 1. The van der Waals surface area contributed by atoms with Gasteiger partial charge in [0.25, 0.3) is 0 Å². The second-order valence-electron chi connectivity index (χ2n) is 7.90. The molecule has 1 heterocycles. The highest BCUT2D eigenvalue weighted by Gasteiger charge is 2.27. The summed E-state index contributed by atoms with van der Waals surface area (Å²) in [5.41, 5.74) is 5.76. The lowest BCUT2D eigenvalue weighted by Gasteiger charge is -2.21. The van der Waals surface area contributed by atoms with E-state index >= 15 is 0 Å². The Bertz CT molecular complexity index is 863. The standard InChI is InChI=1S/C23H28ClN3O/c1-2-3-8-26-23(28)22(18-9-17(15-4-5-15)10-20(24)11-18)27-21-7-6-16-13-25-14-19(16)12-21/h6-7,9-12,15,22,25,27H,2-5,8,13-14H2,1H3,(H,26,28)/t22-/m1/s1. The number of anilines is 1. The van der Waals surface area contributed by atoms with Crippen LogP contribution in [0.25, 0.3) is 0 Å². The van der Waals surface area contributed by atoms with Crippen molar-refractivity contribution >= 4 is 23.2 Å². The number of nitrogens with one attached hydrogen (secondary N) is 3. The first-order chi connectivity index (χ1) is 13.6. The molecule has 2 aromatic rings. The molecule has 5 heteroatoms. The van der Waals surface area contributed by atoms with Gasteiger partial charge in [-0.2, -0.15) is 0 Å². The number of amides is 1. The highest BCUT2D eigenvalue weighted by molar-refractivity contribution is 6.30. The molecule has 1 atom stereocenters. The van der Waals surface area contributed by atoms with Gasteiger partial charge in [-0.3, -0.25) is 4.79 Å². The van der Waals surface area contributed by atoms with Crippen LogP contribution in [-0.2, 0) is 17.9 Å². The predicted molar refractivity (Wildman–Crippen MR) is 115 cm³/mol. The maximum Gasteiger partial charge on any atom is 0.247 e. The van der Waals surface area contributed by atoms with Gasteiger partial charge in [0.2, 0.25) is 5.91 Å². The summed E-state index contributed by atoms with van der Waals surface area (Å²) in [4.78, 5) is 13.0. The fourth-order valence-corrected chi connectivity index (χ4v) is 4.05. The van der Waals surface area contributed by atoms with Gasteiger partial charge in [-0.25, -0.2) is 0 Å². The van der Waals surface area contributed by atoms with Gasteiger partial charge in [-0.15, -0.1) is 0 Å². The summed E-state index contributed by atoms with van der Waals surface area (Å²) in [6, 6.07) is 12.0. The van der Waals surface area contributed by atoms with Crippen molar-refractivity contribution in [2.75, 3.05) is 11.9 Å². The van der Waals surface area contributed by atoms with E-state index in [1.165, 1.54) is 29.5 Å². The number of benzene rings is 2. The maximum absolute atomic E-state index is 13.0. The molecule has 0 aromatic heterocycles. The summed E-state index contributed by atoms with van der Waals surface area (Å²) in [5.74, 6) is 0.586. The van der Waals surface area contributed by atoms with Crippen molar-refractivity contribution in [3.05, 3.63) is 63.7 Å². The van der Waals surface area contributed by atoms with Gasteiger partial charge in [0.15, 0.2) is 0 Å². The Morgan fingerprint density at radius 3 is 2.79 bits per heavy atom. The number of carbonyl (C=O) groups excluding carboxylic acids is 1. The monoisotopic (exact) mass is 397 g/mol. The van der Waals surface area contributed by atoms with E-state index in [4.69, 9.17) is 11.6 Å². The average Bonchev–Trinajstić information content (AvgIpc) is 3.43. The molecule has 1 aliphatic carbocycles. The van der Waals surface area contributed by atoms with E-state index in [9.17, 15) is 4.79 Å². The molecule has 1 amide bonds. The van der Waals surface area contributed by atoms with Crippen LogP contribution >= 0.6 is 11.6 Å². The number of halogens is 1. The third-order valence-corrected chi connectivity index (χ3v) is 5.78. The predicted octanol–water partition coefficient (Wildman–Crippen LogP) is 4.89. The molecular weight excluding hydrogens is 370 g/mol. The minimum absolute atomic E-state index is 0.00362. The third-order valence-electron chi connectivity index (χ3n) is 5.56. The molecule has 0 unspecified atom stereocenters. The largest absolute Gasteiger partial charge is 0.370 e. The van der Waals surface area contributed by atoms with Crippen molar-refractivity contribution in [3.63, 3.8) is 0 Å². The van der Waals surface area contributed by atoms with Crippen molar-refractivity contribution in [2.45, 2.75) is 57.7 Å². The fraction of sp³-hybridized carbons (Fsp3) is 0.435. The summed E-state index contributed by atoms with van der Waals surface area (Å²) < 4.78 is 0. The lowest BCUT2D eigenvalue weighted by atomic mass is 10.00. The first-order valence-electron chi connectivity index (χ1n) is 10.3. The molecule has 4 nitrogen and oxygen atoms in total. The molecule has 0 bridgehead atoms. The number of unbranched alkanes of at least 4 members (excludes halogenated alkanes) is 1. The lowest BCUT2D eigenvalue weighted by Crippen LogP contribution is -2.34. The Balaban J connectivity index is 1.61. The van der Waals surface area contributed by atoms with E-state index in [1.54, 1.807) is 0 Å². The molecule has 0 saturated heterocycles. The van der Waals surface area contributed by atoms with Crippen LogP contribution in [0.3, 0.4) is 0 Å². The molecule has 1 fully saturated rings. The van der Waals surface area contributed by atoms with Gasteiger partial charge in [0, 0.05) is 30.3 Å². The average molecular weight is 398 g/mol. The van der Waals surface area contributed by atoms with Crippen LogP contribution in [0.1, 0.15) is 66.8 Å². The molecular formula is C23H28ClN3O. The van der Waals surface area contributed by atoms with Gasteiger partial charge in [-0.05, 0) is 71.7 Å². The molecule has 148 valence electrons. The minimum Gasteiger partial charge on any atom is -0.370 e. The van der Waals surface area contributed by atoms with E-state index in [2.05, 4.69) is 47.1 Å². The van der Waals surface area contributed by atoms with Crippen molar-refractivity contribution in [1.82, 2.24) is 10.6 Å². The third kappa shape index (κ3) is 4.50. The second-order valence-corrected chi connectivity index (χ2v) is 8.34. The Kier molecular flexibility index (Phi) is 5.88. The maximum atomic E-state index is 13.0. The van der Waals surface area contributed by atoms with Crippen LogP contribution < -0.4 is 16.0 Å². The minimum atomic E-state index is -0.458. The smallest absolute Gasteiger partial charge is 0.247 e. The van der Waals surface area contributed by atoms with Crippen LogP contribution in [0.15, 0.2) is 36.4 Å². The zero-order valence-electron chi connectivity index (χ0n) is 16.4. The van der Waals surface area contributed by atoms with E-state index in [0.29, 0.717) is 17.5 Å². The van der Waals surface area contributed by atoms with Crippen molar-refractivity contribution in [1.29, 1.82) is 0 Å². The van der Waals surface area contributed by atoms with Crippen LogP contribution in [0.2, 0.25) is 5.02 Å². The molecule has 1 saturated carbocycles. The molecule has 28 heavy (non-hydrogen) atoms. The number of hydrogen-bond acceptors (Lipinski definition) is 3.